The van der Waals surface area contributed by atoms with E-state index >= 15 is 0 Å². The number of pyridine rings is 1. The SMILES string of the molecule is CN(C)CCNc1nccc2[nH]c3ccccc3c12. The molecular formula is C15H18N4. The Morgan fingerprint density at radius 2 is 2.00 bits per heavy atom. The smallest absolute Gasteiger partial charge is 0.136 e. The van der Waals surface area contributed by atoms with Gasteiger partial charge in [0.1, 0.15) is 5.82 Å². The van der Waals surface area contributed by atoms with Gasteiger partial charge >= 0.3 is 0 Å². The lowest BCUT2D eigenvalue weighted by molar-refractivity contribution is 0.425. The van der Waals surface area contributed by atoms with Crippen molar-refractivity contribution in [1.29, 1.82) is 0 Å². The summed E-state index contributed by atoms with van der Waals surface area (Å²) in [7, 11) is 4.14. The van der Waals surface area contributed by atoms with Gasteiger partial charge in [0.25, 0.3) is 0 Å². The van der Waals surface area contributed by atoms with E-state index in [4.69, 9.17) is 0 Å². The highest BCUT2D eigenvalue weighted by Gasteiger charge is 2.08. The van der Waals surface area contributed by atoms with Crippen LogP contribution in [-0.4, -0.2) is 42.1 Å². The fraction of sp³-hybridized carbons (Fsp3) is 0.267. The third-order valence-electron chi connectivity index (χ3n) is 3.27. The van der Waals surface area contributed by atoms with E-state index < -0.39 is 0 Å². The Bertz CT molecular complexity index is 700. The van der Waals surface area contributed by atoms with Gasteiger partial charge in [0.15, 0.2) is 0 Å². The van der Waals surface area contributed by atoms with Gasteiger partial charge in [-0.05, 0) is 26.2 Å². The molecular weight excluding hydrogens is 236 g/mol. The molecule has 2 heterocycles. The second-order valence-corrected chi connectivity index (χ2v) is 4.98. The summed E-state index contributed by atoms with van der Waals surface area (Å²) in [4.78, 5) is 10.1. The number of nitrogens with zero attached hydrogens (tertiary/aromatic N) is 2. The Morgan fingerprint density at radius 3 is 2.84 bits per heavy atom. The summed E-state index contributed by atoms with van der Waals surface area (Å²) in [5.74, 6) is 0.955. The largest absolute Gasteiger partial charge is 0.368 e. The first kappa shape index (κ1) is 12.0. The molecule has 0 saturated heterocycles. The molecule has 0 spiro atoms. The zero-order valence-electron chi connectivity index (χ0n) is 11.3. The van der Waals surface area contributed by atoms with Crippen molar-refractivity contribution in [2.45, 2.75) is 0 Å². The van der Waals surface area contributed by atoms with Crippen molar-refractivity contribution >= 4 is 27.6 Å². The lowest BCUT2D eigenvalue weighted by Gasteiger charge is -2.11. The molecule has 4 nitrogen and oxygen atoms in total. The Kier molecular flexibility index (Phi) is 3.09. The van der Waals surface area contributed by atoms with Gasteiger partial charge in [-0.25, -0.2) is 4.98 Å². The molecule has 0 aliphatic heterocycles. The maximum atomic E-state index is 4.48. The van der Waals surface area contributed by atoms with Gasteiger partial charge in [-0.15, -0.1) is 0 Å². The second-order valence-electron chi connectivity index (χ2n) is 4.98. The van der Waals surface area contributed by atoms with Crippen LogP contribution in [0.1, 0.15) is 0 Å². The van der Waals surface area contributed by atoms with Crippen molar-refractivity contribution in [2.24, 2.45) is 0 Å². The number of para-hydroxylation sites is 1. The number of anilines is 1. The Hall–Kier alpha value is -2.07. The molecule has 2 N–H and O–H groups in total. The van der Waals surface area contributed by atoms with Crippen molar-refractivity contribution in [2.75, 3.05) is 32.5 Å². The molecule has 0 unspecified atom stereocenters. The van der Waals surface area contributed by atoms with E-state index in [2.05, 4.69) is 52.5 Å². The van der Waals surface area contributed by atoms with Gasteiger partial charge in [-0.2, -0.15) is 0 Å². The maximum Gasteiger partial charge on any atom is 0.136 e. The third-order valence-corrected chi connectivity index (χ3v) is 3.27. The van der Waals surface area contributed by atoms with Crippen molar-refractivity contribution in [1.82, 2.24) is 14.9 Å². The van der Waals surface area contributed by atoms with Crippen LogP contribution in [-0.2, 0) is 0 Å². The van der Waals surface area contributed by atoms with Gasteiger partial charge in [-0.1, -0.05) is 18.2 Å². The quantitative estimate of drug-likeness (QED) is 0.752. The standard InChI is InChI=1S/C15H18N4/c1-19(2)10-9-17-15-14-11-5-3-4-6-12(11)18-13(14)7-8-16-15/h3-8,18H,9-10H2,1-2H3,(H,16,17). The van der Waals surface area contributed by atoms with Crippen LogP contribution in [0.25, 0.3) is 21.8 Å². The summed E-state index contributed by atoms with van der Waals surface area (Å²) < 4.78 is 0. The molecule has 0 saturated carbocycles. The Morgan fingerprint density at radius 1 is 1.16 bits per heavy atom. The predicted molar refractivity (Wildman–Crippen MR) is 80.6 cm³/mol. The molecule has 0 aliphatic rings. The molecule has 2 aromatic heterocycles. The monoisotopic (exact) mass is 254 g/mol. The molecule has 0 aliphatic carbocycles. The maximum absolute atomic E-state index is 4.48. The van der Waals surface area contributed by atoms with Crippen LogP contribution in [0.4, 0.5) is 5.82 Å². The fourth-order valence-electron chi connectivity index (χ4n) is 2.33. The first-order chi connectivity index (χ1) is 9.25. The van der Waals surface area contributed by atoms with E-state index in [-0.39, 0.29) is 0 Å². The minimum absolute atomic E-state index is 0.888. The molecule has 0 fully saturated rings. The average Bonchev–Trinajstić information content (AvgIpc) is 2.77. The topological polar surface area (TPSA) is 44.0 Å². The number of hydrogen-bond acceptors (Lipinski definition) is 3. The van der Waals surface area contributed by atoms with E-state index in [1.165, 1.54) is 10.8 Å². The van der Waals surface area contributed by atoms with Crippen molar-refractivity contribution in [3.05, 3.63) is 36.5 Å². The molecule has 0 radical (unpaired) electrons. The van der Waals surface area contributed by atoms with Crippen LogP contribution in [0.15, 0.2) is 36.5 Å². The van der Waals surface area contributed by atoms with Gasteiger partial charge in [0.2, 0.25) is 0 Å². The van der Waals surface area contributed by atoms with E-state index in [1.807, 2.05) is 18.3 Å². The molecule has 0 atom stereocenters. The second kappa shape index (κ2) is 4.90. The predicted octanol–water partition coefficient (Wildman–Crippen LogP) is 2.69. The lowest BCUT2D eigenvalue weighted by Crippen LogP contribution is -2.21. The van der Waals surface area contributed by atoms with Crippen LogP contribution in [0.2, 0.25) is 0 Å². The van der Waals surface area contributed by atoms with Crippen LogP contribution in [0.5, 0.6) is 0 Å². The summed E-state index contributed by atoms with van der Waals surface area (Å²) in [6, 6.07) is 10.4. The molecule has 1 aromatic carbocycles. The summed E-state index contributed by atoms with van der Waals surface area (Å²) in [5, 5.41) is 5.82. The first-order valence-corrected chi connectivity index (χ1v) is 6.50. The highest BCUT2D eigenvalue weighted by molar-refractivity contribution is 6.12. The Labute approximate surface area is 112 Å². The van der Waals surface area contributed by atoms with E-state index in [1.54, 1.807) is 0 Å². The molecule has 3 aromatic rings. The number of nitrogens with one attached hydrogen (secondary N) is 2. The van der Waals surface area contributed by atoms with Crippen molar-refractivity contribution < 1.29 is 0 Å². The van der Waals surface area contributed by atoms with Gasteiger partial charge in [0, 0.05) is 35.6 Å². The molecule has 3 rings (SSSR count). The van der Waals surface area contributed by atoms with Crippen LogP contribution < -0.4 is 5.32 Å². The fourth-order valence-corrected chi connectivity index (χ4v) is 2.33. The van der Waals surface area contributed by atoms with E-state index in [0.717, 1.165) is 29.9 Å². The highest BCUT2D eigenvalue weighted by Crippen LogP contribution is 2.29. The van der Waals surface area contributed by atoms with E-state index in [0.29, 0.717) is 0 Å². The van der Waals surface area contributed by atoms with Crippen LogP contribution in [0.3, 0.4) is 0 Å². The third kappa shape index (κ3) is 2.27. The number of fused-ring (bicyclic) bond motifs is 3. The van der Waals surface area contributed by atoms with Gasteiger partial charge in [0.05, 0.1) is 5.52 Å². The van der Waals surface area contributed by atoms with Gasteiger partial charge < -0.3 is 15.2 Å². The Balaban J connectivity index is 2.03. The molecule has 0 amide bonds. The summed E-state index contributed by atoms with van der Waals surface area (Å²) >= 11 is 0. The first-order valence-electron chi connectivity index (χ1n) is 6.50. The van der Waals surface area contributed by atoms with Gasteiger partial charge in [-0.3, -0.25) is 0 Å². The minimum Gasteiger partial charge on any atom is -0.368 e. The number of benzene rings is 1. The van der Waals surface area contributed by atoms with E-state index in [9.17, 15) is 0 Å². The summed E-state index contributed by atoms with van der Waals surface area (Å²) in [6.07, 6.45) is 1.84. The minimum atomic E-state index is 0.888. The zero-order chi connectivity index (χ0) is 13.2. The zero-order valence-corrected chi connectivity index (χ0v) is 11.3. The number of aromatic amines is 1. The number of H-pyrrole nitrogens is 1. The molecule has 4 heteroatoms. The van der Waals surface area contributed by atoms with Crippen LogP contribution >= 0.6 is 0 Å². The number of aromatic nitrogens is 2. The number of rotatable bonds is 4. The summed E-state index contributed by atoms with van der Waals surface area (Å²) in [5.41, 5.74) is 2.28. The number of hydrogen-bond donors (Lipinski definition) is 2. The lowest BCUT2D eigenvalue weighted by atomic mass is 10.2. The van der Waals surface area contributed by atoms with Crippen molar-refractivity contribution in [3.63, 3.8) is 0 Å². The molecule has 98 valence electrons. The normalized spacial score (nSPS) is 11.5. The molecule has 19 heavy (non-hydrogen) atoms. The van der Waals surface area contributed by atoms with Crippen LogP contribution in [0, 0.1) is 0 Å². The van der Waals surface area contributed by atoms with Crippen molar-refractivity contribution in [3.8, 4) is 0 Å². The highest BCUT2D eigenvalue weighted by atomic mass is 15.1. The average molecular weight is 254 g/mol. The molecule has 0 bridgehead atoms. The summed E-state index contributed by atoms with van der Waals surface area (Å²) in [6.45, 7) is 1.87. The number of likely N-dealkylation sites (N-methyl/N-ethyl adjacent to an activating group) is 1.